The summed E-state index contributed by atoms with van der Waals surface area (Å²) in [7, 11) is 0. The van der Waals surface area contributed by atoms with Crippen LogP contribution < -0.4 is 5.73 Å². The van der Waals surface area contributed by atoms with Gasteiger partial charge in [0.1, 0.15) is 0 Å². The van der Waals surface area contributed by atoms with Crippen molar-refractivity contribution in [2.24, 2.45) is 5.73 Å². The fraction of sp³-hybridized carbons (Fsp3) is 1.00. The topological polar surface area (TPSA) is 32.5 Å². The predicted octanol–water partition coefficient (Wildman–Crippen LogP) is 2.21. The lowest BCUT2D eigenvalue weighted by Crippen LogP contribution is -2.56. The van der Waals surface area contributed by atoms with Gasteiger partial charge in [0.25, 0.3) is 0 Å². The Hall–Kier alpha value is -0.120. The molecule has 0 aromatic carbocycles. The van der Waals surface area contributed by atoms with Gasteiger partial charge in [-0.3, -0.25) is 4.90 Å². The molecule has 19 heavy (non-hydrogen) atoms. The molecule has 3 nitrogen and oxygen atoms in total. The number of rotatable bonds is 3. The Morgan fingerprint density at radius 1 is 0.947 bits per heavy atom. The summed E-state index contributed by atoms with van der Waals surface area (Å²) in [5.74, 6) is 0. The second-order valence-corrected chi connectivity index (χ2v) is 7.16. The molecule has 1 saturated carbocycles. The zero-order valence-electron chi connectivity index (χ0n) is 12.4. The highest BCUT2D eigenvalue weighted by Crippen LogP contribution is 2.29. The van der Waals surface area contributed by atoms with Crippen molar-refractivity contribution in [1.29, 1.82) is 0 Å². The van der Waals surface area contributed by atoms with Crippen molar-refractivity contribution in [3.63, 3.8) is 0 Å². The van der Waals surface area contributed by atoms with Crippen molar-refractivity contribution >= 4 is 0 Å². The number of piperidine rings is 1. The quantitative estimate of drug-likeness (QED) is 0.849. The molecule has 110 valence electrons. The molecule has 3 fully saturated rings. The summed E-state index contributed by atoms with van der Waals surface area (Å²) in [6.07, 6.45) is 12.1. The van der Waals surface area contributed by atoms with Crippen molar-refractivity contribution in [2.45, 2.75) is 69.4 Å². The number of fused-ring (bicyclic) bond motifs is 1. The van der Waals surface area contributed by atoms with Gasteiger partial charge in [0.2, 0.25) is 0 Å². The number of nitrogens with two attached hydrogens (primary N) is 1. The average molecular weight is 265 g/mol. The van der Waals surface area contributed by atoms with E-state index >= 15 is 0 Å². The SMILES string of the molecule is NC1(CCN2CCN3CCCCC3C2)CCCCC1. The van der Waals surface area contributed by atoms with Gasteiger partial charge < -0.3 is 10.6 Å². The van der Waals surface area contributed by atoms with E-state index in [1.165, 1.54) is 90.5 Å². The molecular weight excluding hydrogens is 234 g/mol. The molecule has 3 heteroatoms. The Morgan fingerprint density at radius 2 is 1.79 bits per heavy atom. The molecule has 2 N–H and O–H groups in total. The van der Waals surface area contributed by atoms with Crippen LogP contribution in [0.2, 0.25) is 0 Å². The number of hydrogen-bond donors (Lipinski definition) is 1. The van der Waals surface area contributed by atoms with Crippen LogP contribution in [0.1, 0.15) is 57.8 Å². The van der Waals surface area contributed by atoms with Gasteiger partial charge in [-0.25, -0.2) is 0 Å². The average Bonchev–Trinajstić information content (AvgIpc) is 2.46. The predicted molar refractivity (Wildman–Crippen MR) is 80.3 cm³/mol. The minimum Gasteiger partial charge on any atom is -0.325 e. The Labute approximate surface area is 118 Å². The molecule has 0 bridgehead atoms. The molecule has 0 radical (unpaired) electrons. The van der Waals surface area contributed by atoms with E-state index in [1.807, 2.05) is 0 Å². The Kier molecular flexibility index (Phi) is 4.45. The first-order chi connectivity index (χ1) is 9.25. The zero-order valence-corrected chi connectivity index (χ0v) is 12.4. The van der Waals surface area contributed by atoms with Crippen LogP contribution in [0.5, 0.6) is 0 Å². The maximum Gasteiger partial charge on any atom is 0.0223 e. The third kappa shape index (κ3) is 3.50. The number of hydrogen-bond acceptors (Lipinski definition) is 3. The van der Waals surface area contributed by atoms with E-state index in [2.05, 4.69) is 9.80 Å². The Bertz CT molecular complexity index is 286. The lowest BCUT2D eigenvalue weighted by atomic mass is 9.80. The fourth-order valence-corrected chi connectivity index (χ4v) is 4.31. The molecule has 1 aliphatic carbocycles. The highest BCUT2D eigenvalue weighted by Gasteiger charge is 2.31. The molecule has 0 spiro atoms. The molecule has 0 amide bonds. The lowest BCUT2D eigenvalue weighted by Gasteiger charge is -2.45. The summed E-state index contributed by atoms with van der Waals surface area (Å²) in [5.41, 5.74) is 6.74. The maximum absolute atomic E-state index is 6.57. The van der Waals surface area contributed by atoms with E-state index in [-0.39, 0.29) is 5.54 Å². The minimum atomic E-state index is 0.169. The highest BCUT2D eigenvalue weighted by molar-refractivity contribution is 4.90. The first-order valence-electron chi connectivity index (χ1n) is 8.51. The molecule has 2 heterocycles. The highest BCUT2D eigenvalue weighted by atomic mass is 15.3. The second kappa shape index (κ2) is 6.11. The second-order valence-electron chi connectivity index (χ2n) is 7.16. The first kappa shape index (κ1) is 13.8. The largest absolute Gasteiger partial charge is 0.325 e. The Morgan fingerprint density at radius 3 is 2.63 bits per heavy atom. The number of piperazine rings is 1. The molecule has 2 aliphatic heterocycles. The van der Waals surface area contributed by atoms with Crippen LogP contribution in [0.25, 0.3) is 0 Å². The van der Waals surface area contributed by atoms with Crippen molar-refractivity contribution in [3.05, 3.63) is 0 Å². The van der Waals surface area contributed by atoms with Gasteiger partial charge in [-0.2, -0.15) is 0 Å². The normalized spacial score (nSPS) is 33.0. The van der Waals surface area contributed by atoms with E-state index in [1.54, 1.807) is 0 Å². The van der Waals surface area contributed by atoms with Gasteiger partial charge in [-0.05, 0) is 45.2 Å². The van der Waals surface area contributed by atoms with E-state index in [0.29, 0.717) is 0 Å². The zero-order chi connectivity index (χ0) is 13.1. The van der Waals surface area contributed by atoms with Gasteiger partial charge in [-0.1, -0.05) is 25.7 Å². The maximum atomic E-state index is 6.57. The van der Waals surface area contributed by atoms with Gasteiger partial charge in [0.15, 0.2) is 0 Å². The van der Waals surface area contributed by atoms with Crippen LogP contribution in [0.4, 0.5) is 0 Å². The Balaban J connectivity index is 1.45. The molecular formula is C16H31N3. The molecule has 3 aliphatic rings. The summed E-state index contributed by atoms with van der Waals surface area (Å²) >= 11 is 0. The standard InChI is InChI=1S/C16H31N3/c17-16(7-3-1-4-8-16)9-11-18-12-13-19-10-5-2-6-15(19)14-18/h15H,1-14,17H2. The van der Waals surface area contributed by atoms with E-state index in [0.717, 1.165) is 6.04 Å². The van der Waals surface area contributed by atoms with Crippen molar-refractivity contribution < 1.29 is 0 Å². The van der Waals surface area contributed by atoms with Crippen LogP contribution in [-0.2, 0) is 0 Å². The van der Waals surface area contributed by atoms with Gasteiger partial charge in [-0.15, -0.1) is 0 Å². The van der Waals surface area contributed by atoms with Gasteiger partial charge in [0, 0.05) is 31.2 Å². The summed E-state index contributed by atoms with van der Waals surface area (Å²) in [4.78, 5) is 5.41. The van der Waals surface area contributed by atoms with Crippen LogP contribution in [0.3, 0.4) is 0 Å². The van der Waals surface area contributed by atoms with Gasteiger partial charge >= 0.3 is 0 Å². The van der Waals surface area contributed by atoms with Crippen LogP contribution in [0, 0.1) is 0 Å². The van der Waals surface area contributed by atoms with E-state index < -0.39 is 0 Å². The van der Waals surface area contributed by atoms with Crippen LogP contribution in [-0.4, -0.2) is 54.1 Å². The molecule has 1 atom stereocenters. The number of nitrogens with zero attached hydrogens (tertiary/aromatic N) is 2. The third-order valence-corrected chi connectivity index (χ3v) is 5.70. The molecule has 1 unspecified atom stereocenters. The van der Waals surface area contributed by atoms with Gasteiger partial charge in [0.05, 0.1) is 0 Å². The molecule has 3 rings (SSSR count). The van der Waals surface area contributed by atoms with E-state index in [4.69, 9.17) is 5.73 Å². The molecule has 0 aromatic rings. The van der Waals surface area contributed by atoms with Crippen molar-refractivity contribution in [3.8, 4) is 0 Å². The molecule has 0 aromatic heterocycles. The van der Waals surface area contributed by atoms with Crippen molar-refractivity contribution in [1.82, 2.24) is 9.80 Å². The van der Waals surface area contributed by atoms with Crippen LogP contribution >= 0.6 is 0 Å². The first-order valence-corrected chi connectivity index (χ1v) is 8.51. The summed E-state index contributed by atoms with van der Waals surface area (Å²) < 4.78 is 0. The summed E-state index contributed by atoms with van der Waals surface area (Å²) in [6.45, 7) is 6.45. The van der Waals surface area contributed by atoms with Crippen molar-refractivity contribution in [2.75, 3.05) is 32.7 Å². The molecule has 2 saturated heterocycles. The fourth-order valence-electron chi connectivity index (χ4n) is 4.31. The minimum absolute atomic E-state index is 0.169. The van der Waals surface area contributed by atoms with Crippen LogP contribution in [0.15, 0.2) is 0 Å². The summed E-state index contributed by atoms with van der Waals surface area (Å²) in [5, 5.41) is 0. The third-order valence-electron chi connectivity index (χ3n) is 5.70. The van der Waals surface area contributed by atoms with E-state index in [9.17, 15) is 0 Å². The lowest BCUT2D eigenvalue weighted by molar-refractivity contribution is 0.0444. The smallest absolute Gasteiger partial charge is 0.0223 e. The monoisotopic (exact) mass is 265 g/mol. The summed E-state index contributed by atoms with van der Waals surface area (Å²) in [6, 6.07) is 0.850.